The molecule has 0 aromatic carbocycles. The van der Waals surface area contributed by atoms with Gasteiger partial charge in [0.1, 0.15) is 0 Å². The number of anilines is 1. The Hall–Kier alpha value is -1.09. The predicted octanol–water partition coefficient (Wildman–Crippen LogP) is 0.972. The SMILES string of the molecule is CCNc1ccc(CN)nc1. The minimum Gasteiger partial charge on any atom is -0.384 e. The predicted molar refractivity (Wildman–Crippen MR) is 46.3 cm³/mol. The van der Waals surface area contributed by atoms with Crippen molar-refractivity contribution in [1.29, 1.82) is 0 Å². The molecule has 0 spiro atoms. The second-order valence-electron chi connectivity index (χ2n) is 2.27. The van der Waals surface area contributed by atoms with Crippen LogP contribution in [0.5, 0.6) is 0 Å². The molecule has 3 nitrogen and oxygen atoms in total. The van der Waals surface area contributed by atoms with E-state index >= 15 is 0 Å². The van der Waals surface area contributed by atoms with Gasteiger partial charge >= 0.3 is 0 Å². The van der Waals surface area contributed by atoms with E-state index in [-0.39, 0.29) is 0 Å². The molecule has 1 rings (SSSR count). The summed E-state index contributed by atoms with van der Waals surface area (Å²) in [6.45, 7) is 3.48. The van der Waals surface area contributed by atoms with Crippen LogP contribution in [0.15, 0.2) is 18.3 Å². The van der Waals surface area contributed by atoms with E-state index in [1.54, 1.807) is 6.20 Å². The Kier molecular flexibility index (Phi) is 2.86. The average molecular weight is 151 g/mol. The van der Waals surface area contributed by atoms with Gasteiger partial charge in [0.2, 0.25) is 0 Å². The summed E-state index contributed by atoms with van der Waals surface area (Å²) in [5.74, 6) is 0. The van der Waals surface area contributed by atoms with Gasteiger partial charge in [0.05, 0.1) is 17.6 Å². The van der Waals surface area contributed by atoms with Crippen LogP contribution in [0.4, 0.5) is 5.69 Å². The Bertz CT molecular complexity index is 205. The smallest absolute Gasteiger partial charge is 0.0541 e. The molecular formula is C8H13N3. The van der Waals surface area contributed by atoms with Crippen LogP contribution in [-0.2, 0) is 6.54 Å². The quantitative estimate of drug-likeness (QED) is 0.676. The van der Waals surface area contributed by atoms with Gasteiger partial charge in [-0.05, 0) is 19.1 Å². The molecule has 1 heterocycles. The molecule has 0 aliphatic carbocycles. The molecule has 0 fully saturated rings. The van der Waals surface area contributed by atoms with Crippen LogP contribution in [0.3, 0.4) is 0 Å². The minimum atomic E-state index is 0.506. The Balaban J connectivity index is 2.66. The van der Waals surface area contributed by atoms with Crippen molar-refractivity contribution in [3.8, 4) is 0 Å². The number of nitrogens with one attached hydrogen (secondary N) is 1. The molecular weight excluding hydrogens is 138 g/mol. The molecule has 1 aromatic heterocycles. The lowest BCUT2D eigenvalue weighted by Gasteiger charge is -2.01. The number of nitrogens with zero attached hydrogens (tertiary/aromatic N) is 1. The summed E-state index contributed by atoms with van der Waals surface area (Å²) in [5, 5.41) is 3.16. The Morgan fingerprint density at radius 3 is 2.82 bits per heavy atom. The van der Waals surface area contributed by atoms with Gasteiger partial charge in [-0.25, -0.2) is 0 Å². The zero-order valence-electron chi connectivity index (χ0n) is 6.67. The maximum Gasteiger partial charge on any atom is 0.0541 e. The first-order valence-corrected chi connectivity index (χ1v) is 3.75. The highest BCUT2D eigenvalue weighted by atomic mass is 14.9. The highest BCUT2D eigenvalue weighted by Crippen LogP contribution is 2.04. The standard InChI is InChI=1S/C8H13N3/c1-2-10-8-4-3-7(5-9)11-6-8/h3-4,6,10H,2,5,9H2,1H3. The van der Waals surface area contributed by atoms with Crippen molar-refractivity contribution < 1.29 is 0 Å². The first-order valence-electron chi connectivity index (χ1n) is 3.75. The van der Waals surface area contributed by atoms with Gasteiger partial charge in [-0.2, -0.15) is 0 Å². The summed E-state index contributed by atoms with van der Waals surface area (Å²) in [6, 6.07) is 3.91. The Labute approximate surface area is 66.6 Å². The van der Waals surface area contributed by atoms with Crippen molar-refractivity contribution >= 4 is 5.69 Å². The lowest BCUT2D eigenvalue weighted by molar-refractivity contribution is 0.989. The van der Waals surface area contributed by atoms with Gasteiger partial charge in [-0.3, -0.25) is 4.98 Å². The number of hydrogen-bond acceptors (Lipinski definition) is 3. The first-order chi connectivity index (χ1) is 5.36. The molecule has 0 radical (unpaired) electrons. The highest BCUT2D eigenvalue weighted by molar-refractivity contribution is 5.40. The maximum absolute atomic E-state index is 5.39. The Morgan fingerprint density at radius 2 is 2.36 bits per heavy atom. The van der Waals surface area contributed by atoms with Crippen molar-refractivity contribution in [3.05, 3.63) is 24.0 Å². The summed E-state index contributed by atoms with van der Waals surface area (Å²) < 4.78 is 0. The van der Waals surface area contributed by atoms with Crippen LogP contribution in [0.25, 0.3) is 0 Å². The van der Waals surface area contributed by atoms with Crippen LogP contribution in [0.1, 0.15) is 12.6 Å². The summed E-state index contributed by atoms with van der Waals surface area (Å²) in [4.78, 5) is 4.13. The largest absolute Gasteiger partial charge is 0.384 e. The van der Waals surface area contributed by atoms with Crippen LogP contribution >= 0.6 is 0 Å². The van der Waals surface area contributed by atoms with Crippen LogP contribution < -0.4 is 11.1 Å². The monoisotopic (exact) mass is 151 g/mol. The van der Waals surface area contributed by atoms with E-state index in [4.69, 9.17) is 5.73 Å². The van der Waals surface area contributed by atoms with Gasteiger partial charge in [0.25, 0.3) is 0 Å². The van der Waals surface area contributed by atoms with Crippen molar-refractivity contribution in [2.24, 2.45) is 5.73 Å². The normalized spacial score (nSPS) is 9.64. The van der Waals surface area contributed by atoms with Gasteiger partial charge in [0, 0.05) is 13.1 Å². The van der Waals surface area contributed by atoms with E-state index in [0.29, 0.717) is 6.54 Å². The van der Waals surface area contributed by atoms with Crippen LogP contribution in [0, 0.1) is 0 Å². The molecule has 0 aliphatic rings. The van der Waals surface area contributed by atoms with E-state index in [1.165, 1.54) is 0 Å². The molecule has 60 valence electrons. The van der Waals surface area contributed by atoms with Gasteiger partial charge in [0.15, 0.2) is 0 Å². The lowest BCUT2D eigenvalue weighted by atomic mass is 10.3. The number of hydrogen-bond donors (Lipinski definition) is 2. The average Bonchev–Trinajstić information content (AvgIpc) is 2.07. The molecule has 11 heavy (non-hydrogen) atoms. The Morgan fingerprint density at radius 1 is 1.55 bits per heavy atom. The van der Waals surface area contributed by atoms with E-state index in [2.05, 4.69) is 17.2 Å². The van der Waals surface area contributed by atoms with Crippen molar-refractivity contribution in [3.63, 3.8) is 0 Å². The van der Waals surface area contributed by atoms with Crippen molar-refractivity contribution in [2.75, 3.05) is 11.9 Å². The number of aromatic nitrogens is 1. The second kappa shape index (κ2) is 3.93. The third-order valence-electron chi connectivity index (χ3n) is 1.41. The first kappa shape index (κ1) is 8.01. The molecule has 0 saturated carbocycles. The molecule has 0 amide bonds. The van der Waals surface area contributed by atoms with Gasteiger partial charge in [-0.15, -0.1) is 0 Å². The molecule has 0 bridgehead atoms. The topological polar surface area (TPSA) is 50.9 Å². The van der Waals surface area contributed by atoms with E-state index in [1.807, 2.05) is 12.1 Å². The summed E-state index contributed by atoms with van der Waals surface area (Å²) in [7, 11) is 0. The number of nitrogens with two attached hydrogens (primary N) is 1. The third-order valence-corrected chi connectivity index (χ3v) is 1.41. The lowest BCUT2D eigenvalue weighted by Crippen LogP contribution is -2.01. The fourth-order valence-electron chi connectivity index (χ4n) is 0.854. The zero-order chi connectivity index (χ0) is 8.10. The third kappa shape index (κ3) is 2.20. The zero-order valence-corrected chi connectivity index (χ0v) is 6.67. The minimum absolute atomic E-state index is 0.506. The maximum atomic E-state index is 5.39. The summed E-state index contributed by atoms with van der Waals surface area (Å²) in [5.41, 5.74) is 7.36. The number of rotatable bonds is 3. The van der Waals surface area contributed by atoms with Gasteiger partial charge in [-0.1, -0.05) is 0 Å². The summed E-state index contributed by atoms with van der Waals surface area (Å²) in [6.07, 6.45) is 1.80. The highest BCUT2D eigenvalue weighted by Gasteiger charge is 1.90. The van der Waals surface area contributed by atoms with E-state index < -0.39 is 0 Å². The molecule has 0 saturated heterocycles. The number of pyridine rings is 1. The van der Waals surface area contributed by atoms with E-state index in [0.717, 1.165) is 17.9 Å². The molecule has 0 unspecified atom stereocenters. The molecule has 0 atom stereocenters. The van der Waals surface area contributed by atoms with Gasteiger partial charge < -0.3 is 11.1 Å². The van der Waals surface area contributed by atoms with E-state index in [9.17, 15) is 0 Å². The fourth-order valence-corrected chi connectivity index (χ4v) is 0.854. The molecule has 0 aliphatic heterocycles. The van der Waals surface area contributed by atoms with Crippen LogP contribution in [0.2, 0.25) is 0 Å². The summed E-state index contributed by atoms with van der Waals surface area (Å²) >= 11 is 0. The van der Waals surface area contributed by atoms with Crippen molar-refractivity contribution in [2.45, 2.75) is 13.5 Å². The second-order valence-corrected chi connectivity index (χ2v) is 2.27. The fraction of sp³-hybridized carbons (Fsp3) is 0.375. The van der Waals surface area contributed by atoms with Crippen molar-refractivity contribution in [1.82, 2.24) is 4.98 Å². The molecule has 3 N–H and O–H groups in total. The molecule has 3 heteroatoms. The molecule has 1 aromatic rings. The van der Waals surface area contributed by atoms with Crippen LogP contribution in [-0.4, -0.2) is 11.5 Å².